The Kier molecular flexibility index (Phi) is 1.86. The molecule has 0 saturated carbocycles. The molecule has 0 aliphatic carbocycles. The van der Waals surface area contributed by atoms with Gasteiger partial charge in [0.2, 0.25) is 5.01 Å². The van der Waals surface area contributed by atoms with Crippen molar-refractivity contribution in [3.63, 3.8) is 0 Å². The van der Waals surface area contributed by atoms with Crippen LogP contribution >= 0.6 is 11.3 Å². The zero-order chi connectivity index (χ0) is 9.26. The number of carbonyl (C=O) groups is 1. The van der Waals surface area contributed by atoms with E-state index in [0.717, 1.165) is 11.3 Å². The van der Waals surface area contributed by atoms with Gasteiger partial charge >= 0.3 is 5.97 Å². The van der Waals surface area contributed by atoms with Gasteiger partial charge in [-0.05, 0) is 12.1 Å². The number of hydrogen-bond donors (Lipinski definition) is 1. The highest BCUT2D eigenvalue weighted by Crippen LogP contribution is 2.21. The van der Waals surface area contributed by atoms with E-state index >= 15 is 0 Å². The zero-order valence-electron chi connectivity index (χ0n) is 6.43. The lowest BCUT2D eigenvalue weighted by atomic mass is 10.4. The van der Waals surface area contributed by atoms with Crippen LogP contribution in [-0.4, -0.2) is 16.1 Å². The van der Waals surface area contributed by atoms with Crippen LogP contribution in [0.25, 0.3) is 11.5 Å². The van der Waals surface area contributed by atoms with Crippen molar-refractivity contribution in [2.24, 2.45) is 0 Å². The Morgan fingerprint density at radius 3 is 3.00 bits per heavy atom. The highest BCUT2D eigenvalue weighted by Gasteiger charge is 2.11. The van der Waals surface area contributed by atoms with Crippen LogP contribution < -0.4 is 0 Å². The van der Waals surface area contributed by atoms with Crippen LogP contribution in [0.4, 0.5) is 0 Å². The lowest BCUT2D eigenvalue weighted by Crippen LogP contribution is -1.93. The minimum atomic E-state index is -1.01. The third kappa shape index (κ3) is 1.46. The average Bonchev–Trinajstić information content (AvgIpc) is 2.75. The van der Waals surface area contributed by atoms with Gasteiger partial charge in [-0.3, -0.25) is 0 Å². The number of carboxylic acid groups (broad SMARTS) is 1. The number of hydrogen-bond acceptors (Lipinski definition) is 4. The molecule has 0 saturated heterocycles. The lowest BCUT2D eigenvalue weighted by molar-refractivity contribution is 0.0696. The molecule has 1 N–H and O–H groups in total. The summed E-state index contributed by atoms with van der Waals surface area (Å²) in [6, 6.07) is 3.47. The van der Waals surface area contributed by atoms with Crippen LogP contribution in [0.5, 0.6) is 0 Å². The van der Waals surface area contributed by atoms with Crippen molar-refractivity contribution in [2.75, 3.05) is 0 Å². The molecule has 13 heavy (non-hydrogen) atoms. The Labute approximate surface area is 77.5 Å². The molecule has 2 heterocycles. The second-order valence-corrected chi connectivity index (χ2v) is 3.18. The van der Waals surface area contributed by atoms with E-state index in [4.69, 9.17) is 9.52 Å². The van der Waals surface area contributed by atoms with Crippen LogP contribution in [0, 0.1) is 0 Å². The predicted molar refractivity (Wildman–Crippen MR) is 46.8 cm³/mol. The molecule has 2 aromatic heterocycles. The second-order valence-electron chi connectivity index (χ2n) is 2.32. The summed E-state index contributed by atoms with van der Waals surface area (Å²) < 4.78 is 5.06. The number of carboxylic acids is 1. The van der Waals surface area contributed by atoms with Gasteiger partial charge in [0, 0.05) is 5.38 Å². The Balaban J connectivity index is 2.39. The molecule has 2 rings (SSSR count). The van der Waals surface area contributed by atoms with Gasteiger partial charge in [-0.2, -0.15) is 0 Å². The fourth-order valence-electron chi connectivity index (χ4n) is 0.909. The molecule has 5 heteroatoms. The molecular weight excluding hydrogens is 190 g/mol. The van der Waals surface area contributed by atoms with Crippen molar-refractivity contribution in [2.45, 2.75) is 0 Å². The molecule has 2 aromatic rings. The molecule has 66 valence electrons. The average molecular weight is 195 g/mol. The van der Waals surface area contributed by atoms with Gasteiger partial charge < -0.3 is 9.52 Å². The standard InChI is InChI=1S/C8H5NO3S/c10-8(11)7-9-5(4-13-7)6-2-1-3-12-6/h1-4H,(H,10,11). The molecular formula is C8H5NO3S. The largest absolute Gasteiger partial charge is 0.476 e. The van der Waals surface area contributed by atoms with Crippen LogP contribution in [0.1, 0.15) is 9.80 Å². The first kappa shape index (κ1) is 8.00. The van der Waals surface area contributed by atoms with Crippen molar-refractivity contribution in [1.82, 2.24) is 4.98 Å². The fraction of sp³-hybridized carbons (Fsp3) is 0. The lowest BCUT2D eigenvalue weighted by Gasteiger charge is -1.86. The highest BCUT2D eigenvalue weighted by atomic mass is 32.1. The van der Waals surface area contributed by atoms with E-state index in [-0.39, 0.29) is 5.01 Å². The SMILES string of the molecule is O=C(O)c1nc(-c2ccco2)cs1. The summed E-state index contributed by atoms with van der Waals surface area (Å²) in [6.45, 7) is 0. The fourth-order valence-corrected chi connectivity index (χ4v) is 1.55. The number of rotatable bonds is 2. The molecule has 0 aliphatic heterocycles. The molecule has 4 nitrogen and oxygen atoms in total. The van der Waals surface area contributed by atoms with Crippen molar-refractivity contribution in [1.29, 1.82) is 0 Å². The number of thiazole rings is 1. The van der Waals surface area contributed by atoms with E-state index in [2.05, 4.69) is 4.98 Å². The van der Waals surface area contributed by atoms with Gasteiger partial charge in [0.15, 0.2) is 5.76 Å². The number of aromatic nitrogens is 1. The molecule has 0 amide bonds. The summed E-state index contributed by atoms with van der Waals surface area (Å²) in [5.41, 5.74) is 0.562. The van der Waals surface area contributed by atoms with Crippen LogP contribution in [0.15, 0.2) is 28.2 Å². The maximum absolute atomic E-state index is 10.5. The molecule has 0 atom stereocenters. The number of furan rings is 1. The maximum atomic E-state index is 10.5. The van der Waals surface area contributed by atoms with E-state index in [1.165, 1.54) is 6.26 Å². The Morgan fingerprint density at radius 2 is 2.46 bits per heavy atom. The van der Waals surface area contributed by atoms with Crippen molar-refractivity contribution in [3.05, 3.63) is 28.8 Å². The third-order valence-corrected chi connectivity index (χ3v) is 2.29. The van der Waals surface area contributed by atoms with Crippen molar-refractivity contribution >= 4 is 17.3 Å². The first-order chi connectivity index (χ1) is 6.27. The molecule has 0 radical (unpaired) electrons. The van der Waals surface area contributed by atoms with Crippen LogP contribution in [-0.2, 0) is 0 Å². The minimum Gasteiger partial charge on any atom is -0.476 e. The minimum absolute atomic E-state index is 0.0754. The summed E-state index contributed by atoms with van der Waals surface area (Å²) in [5.74, 6) is -0.424. The Bertz CT molecular complexity index is 418. The number of aromatic carboxylic acids is 1. The van der Waals surface area contributed by atoms with Gasteiger partial charge in [0.25, 0.3) is 0 Å². The summed E-state index contributed by atoms with van der Waals surface area (Å²) in [6.07, 6.45) is 1.52. The van der Waals surface area contributed by atoms with E-state index in [9.17, 15) is 4.79 Å². The van der Waals surface area contributed by atoms with Gasteiger partial charge in [0.1, 0.15) is 5.69 Å². The normalized spacial score (nSPS) is 10.2. The van der Waals surface area contributed by atoms with E-state index < -0.39 is 5.97 Å². The quantitative estimate of drug-likeness (QED) is 0.797. The first-order valence-corrected chi connectivity index (χ1v) is 4.38. The highest BCUT2D eigenvalue weighted by molar-refractivity contribution is 7.11. The van der Waals surface area contributed by atoms with Crippen molar-refractivity contribution in [3.8, 4) is 11.5 Å². The van der Waals surface area contributed by atoms with E-state index in [1.807, 2.05) is 0 Å². The van der Waals surface area contributed by atoms with Gasteiger partial charge in [-0.15, -0.1) is 11.3 Å². The molecule has 0 aromatic carbocycles. The molecule has 0 spiro atoms. The topological polar surface area (TPSA) is 63.3 Å². The summed E-state index contributed by atoms with van der Waals surface area (Å²) in [5, 5.41) is 10.3. The molecule has 0 unspecified atom stereocenters. The first-order valence-electron chi connectivity index (χ1n) is 3.50. The summed E-state index contributed by atoms with van der Waals surface area (Å²) in [7, 11) is 0. The monoisotopic (exact) mass is 195 g/mol. The van der Waals surface area contributed by atoms with Crippen molar-refractivity contribution < 1.29 is 14.3 Å². The van der Waals surface area contributed by atoms with Crippen LogP contribution in [0.2, 0.25) is 0 Å². The summed E-state index contributed by atoms with van der Waals surface area (Å²) >= 11 is 1.09. The molecule has 0 aliphatic rings. The Hall–Kier alpha value is -1.62. The second kappa shape index (κ2) is 3.02. The molecule has 0 bridgehead atoms. The molecule has 0 fully saturated rings. The van der Waals surface area contributed by atoms with Gasteiger partial charge in [0.05, 0.1) is 6.26 Å². The van der Waals surface area contributed by atoms with E-state index in [0.29, 0.717) is 11.5 Å². The van der Waals surface area contributed by atoms with Gasteiger partial charge in [-0.25, -0.2) is 9.78 Å². The zero-order valence-corrected chi connectivity index (χ0v) is 7.25. The van der Waals surface area contributed by atoms with Crippen LogP contribution in [0.3, 0.4) is 0 Å². The van der Waals surface area contributed by atoms with Gasteiger partial charge in [-0.1, -0.05) is 0 Å². The summed E-state index contributed by atoms with van der Waals surface area (Å²) in [4.78, 5) is 14.4. The predicted octanol–water partition coefficient (Wildman–Crippen LogP) is 2.10. The van der Waals surface area contributed by atoms with E-state index in [1.54, 1.807) is 17.5 Å². The smallest absolute Gasteiger partial charge is 0.365 e. The maximum Gasteiger partial charge on any atom is 0.365 e. The Morgan fingerprint density at radius 1 is 1.62 bits per heavy atom. The third-order valence-electron chi connectivity index (χ3n) is 1.46. The number of nitrogens with zero attached hydrogens (tertiary/aromatic N) is 1.